The van der Waals surface area contributed by atoms with Crippen LogP contribution in [0, 0.1) is 6.92 Å². The molecule has 236 valence electrons. The molecule has 0 aliphatic carbocycles. The molecule has 45 heavy (non-hydrogen) atoms. The van der Waals surface area contributed by atoms with Crippen LogP contribution < -0.4 is 19.1 Å². The summed E-state index contributed by atoms with van der Waals surface area (Å²) in [4.78, 5) is 28.7. The molecular weight excluding hydrogens is 590 g/mol. The van der Waals surface area contributed by atoms with Crippen molar-refractivity contribution >= 4 is 27.5 Å². The van der Waals surface area contributed by atoms with E-state index in [0.29, 0.717) is 17.2 Å². The number of benzene rings is 4. The van der Waals surface area contributed by atoms with Crippen LogP contribution in [0.2, 0.25) is 0 Å². The fourth-order valence-corrected chi connectivity index (χ4v) is 6.04. The highest BCUT2D eigenvalue weighted by Crippen LogP contribution is 2.29. The second-order valence-corrected chi connectivity index (χ2v) is 12.8. The monoisotopic (exact) mass is 629 g/mol. The summed E-state index contributed by atoms with van der Waals surface area (Å²) in [5.74, 6) is 0.829. The highest BCUT2D eigenvalue weighted by Gasteiger charge is 2.32. The molecule has 0 saturated heterocycles. The Hall–Kier alpha value is -4.83. The number of carbonyl (C=O) groups is 2. The minimum Gasteiger partial charge on any atom is -0.497 e. The van der Waals surface area contributed by atoms with Gasteiger partial charge in [0.2, 0.25) is 11.8 Å². The van der Waals surface area contributed by atoms with Crippen molar-refractivity contribution in [2.24, 2.45) is 0 Å². The van der Waals surface area contributed by atoms with Crippen LogP contribution in [0.15, 0.2) is 108 Å². The maximum atomic E-state index is 14.1. The lowest BCUT2D eigenvalue weighted by molar-refractivity contribution is -0.139. The van der Waals surface area contributed by atoms with E-state index >= 15 is 0 Å². The molecule has 4 aromatic rings. The van der Waals surface area contributed by atoms with Crippen LogP contribution in [-0.4, -0.2) is 50.9 Å². The zero-order valence-electron chi connectivity index (χ0n) is 26.1. The second kappa shape index (κ2) is 14.8. The van der Waals surface area contributed by atoms with Gasteiger partial charge in [-0.15, -0.1) is 0 Å². The van der Waals surface area contributed by atoms with Crippen LogP contribution in [0.5, 0.6) is 17.2 Å². The zero-order valence-corrected chi connectivity index (χ0v) is 27.0. The molecule has 2 amide bonds. The minimum atomic E-state index is -4.20. The van der Waals surface area contributed by atoms with Crippen molar-refractivity contribution in [3.8, 4) is 17.2 Å². The van der Waals surface area contributed by atoms with Gasteiger partial charge in [-0.1, -0.05) is 48.0 Å². The fraction of sp³-hybridized carbons (Fsp3) is 0.257. The Morgan fingerprint density at radius 1 is 0.800 bits per heavy atom. The first-order valence-corrected chi connectivity index (χ1v) is 16.1. The Balaban J connectivity index is 1.71. The Morgan fingerprint density at radius 3 is 2.04 bits per heavy atom. The van der Waals surface area contributed by atoms with Gasteiger partial charge in [0.15, 0.2) is 0 Å². The number of hydrogen-bond acceptors (Lipinski definition) is 6. The molecule has 0 fully saturated rings. The van der Waals surface area contributed by atoms with Gasteiger partial charge in [-0.05, 0) is 93.9 Å². The maximum Gasteiger partial charge on any atom is 0.264 e. The van der Waals surface area contributed by atoms with Gasteiger partial charge in [-0.25, -0.2) is 8.42 Å². The molecule has 0 radical (unpaired) electrons. The summed E-state index contributed by atoms with van der Waals surface area (Å²) >= 11 is 0. The number of rotatable bonds is 13. The number of hydrogen-bond donors (Lipinski definition) is 1. The Labute approximate surface area is 265 Å². The van der Waals surface area contributed by atoms with Crippen molar-refractivity contribution < 1.29 is 27.5 Å². The van der Waals surface area contributed by atoms with Crippen molar-refractivity contribution in [3.05, 3.63) is 114 Å². The molecule has 0 aliphatic rings. The lowest BCUT2D eigenvalue weighted by Gasteiger charge is -2.32. The number of nitrogens with one attached hydrogen (secondary N) is 1. The topological polar surface area (TPSA) is 105 Å². The number of anilines is 1. The number of para-hydroxylation sites is 1. The molecule has 1 atom stereocenters. The SMILES string of the molecule is COc1cccc(CN(C(=O)CN(c2ccc(Oc3ccccc3)cc2)S(=O)(=O)c2ccc(C)cc2)[C@H](C)C(=O)NC(C)C)c1. The zero-order chi connectivity index (χ0) is 32.6. The molecule has 0 saturated carbocycles. The number of nitrogens with zero attached hydrogens (tertiary/aromatic N) is 2. The molecule has 9 nitrogen and oxygen atoms in total. The van der Waals surface area contributed by atoms with Gasteiger partial charge in [0.05, 0.1) is 17.7 Å². The van der Waals surface area contributed by atoms with E-state index in [1.54, 1.807) is 68.6 Å². The third-order valence-electron chi connectivity index (χ3n) is 7.08. The molecule has 0 unspecified atom stereocenters. The fourth-order valence-electron chi connectivity index (χ4n) is 4.63. The minimum absolute atomic E-state index is 0.0375. The van der Waals surface area contributed by atoms with Gasteiger partial charge in [0.25, 0.3) is 10.0 Å². The summed E-state index contributed by atoms with van der Waals surface area (Å²) in [6, 6.07) is 28.3. The van der Waals surface area contributed by atoms with E-state index in [9.17, 15) is 18.0 Å². The highest BCUT2D eigenvalue weighted by atomic mass is 32.2. The molecule has 0 heterocycles. The molecule has 0 bridgehead atoms. The van der Waals surface area contributed by atoms with Crippen LogP contribution in [0.3, 0.4) is 0 Å². The molecule has 0 spiro atoms. The summed E-state index contributed by atoms with van der Waals surface area (Å²) in [7, 11) is -2.65. The normalized spacial score (nSPS) is 11.9. The first-order chi connectivity index (χ1) is 21.5. The smallest absolute Gasteiger partial charge is 0.264 e. The van der Waals surface area contributed by atoms with E-state index in [-0.39, 0.29) is 29.1 Å². The Bertz CT molecular complexity index is 1690. The predicted molar refractivity (Wildman–Crippen MR) is 175 cm³/mol. The largest absolute Gasteiger partial charge is 0.497 e. The van der Waals surface area contributed by atoms with Crippen LogP contribution >= 0.6 is 0 Å². The van der Waals surface area contributed by atoms with E-state index in [2.05, 4.69) is 5.32 Å². The average Bonchev–Trinajstić information content (AvgIpc) is 3.03. The standard InChI is InChI=1S/C35H39N3O6S/c1-25(2)36-35(40)27(4)37(23-28-10-9-13-32(22-28)43-5)34(39)24-38(45(41,42)33-20-14-26(3)15-21-33)29-16-18-31(19-17-29)44-30-11-7-6-8-12-30/h6-22,25,27H,23-24H2,1-5H3,(H,36,40)/t27-/m1/s1. The number of amides is 2. The quantitative estimate of drug-likeness (QED) is 0.197. The van der Waals surface area contributed by atoms with Crippen LogP contribution in [0.25, 0.3) is 0 Å². The predicted octanol–water partition coefficient (Wildman–Crippen LogP) is 5.93. The molecule has 4 rings (SSSR count). The Kier molecular flexibility index (Phi) is 10.9. The van der Waals surface area contributed by atoms with Crippen molar-refractivity contribution in [2.75, 3.05) is 18.0 Å². The molecule has 1 N–H and O–H groups in total. The Morgan fingerprint density at radius 2 is 1.42 bits per heavy atom. The third-order valence-corrected chi connectivity index (χ3v) is 8.86. The van der Waals surface area contributed by atoms with Gasteiger partial charge in [0, 0.05) is 12.6 Å². The van der Waals surface area contributed by atoms with Gasteiger partial charge >= 0.3 is 0 Å². The lowest BCUT2D eigenvalue weighted by atomic mass is 10.1. The summed E-state index contributed by atoms with van der Waals surface area (Å²) in [6.45, 7) is 6.68. The van der Waals surface area contributed by atoms with Crippen LogP contribution in [0.1, 0.15) is 31.9 Å². The summed E-state index contributed by atoms with van der Waals surface area (Å²) in [5.41, 5.74) is 1.89. The van der Waals surface area contributed by atoms with Gasteiger partial charge < -0.3 is 19.7 Å². The number of sulfonamides is 1. The van der Waals surface area contributed by atoms with Gasteiger partial charge in [-0.3, -0.25) is 13.9 Å². The van der Waals surface area contributed by atoms with Crippen molar-refractivity contribution in [3.63, 3.8) is 0 Å². The number of ether oxygens (including phenoxy) is 2. The van der Waals surface area contributed by atoms with Crippen LogP contribution in [-0.2, 0) is 26.2 Å². The van der Waals surface area contributed by atoms with E-state index < -0.39 is 28.5 Å². The van der Waals surface area contributed by atoms with E-state index in [1.165, 1.54) is 17.0 Å². The lowest BCUT2D eigenvalue weighted by Crippen LogP contribution is -2.52. The van der Waals surface area contributed by atoms with Crippen molar-refractivity contribution in [1.29, 1.82) is 0 Å². The summed E-state index contributed by atoms with van der Waals surface area (Å²) in [5, 5.41) is 2.86. The van der Waals surface area contributed by atoms with Crippen molar-refractivity contribution in [2.45, 2.75) is 51.2 Å². The first kappa shape index (κ1) is 33.1. The number of carbonyl (C=O) groups excluding carboxylic acids is 2. The third kappa shape index (κ3) is 8.63. The molecule has 0 aromatic heterocycles. The highest BCUT2D eigenvalue weighted by molar-refractivity contribution is 7.92. The molecule has 10 heteroatoms. The second-order valence-electron chi connectivity index (χ2n) is 10.9. The van der Waals surface area contributed by atoms with Crippen LogP contribution in [0.4, 0.5) is 5.69 Å². The number of aryl methyl sites for hydroxylation is 1. The molecule has 4 aromatic carbocycles. The van der Waals surface area contributed by atoms with E-state index in [1.807, 2.05) is 57.2 Å². The molecule has 0 aliphatic heterocycles. The number of methoxy groups -OCH3 is 1. The van der Waals surface area contributed by atoms with Gasteiger partial charge in [-0.2, -0.15) is 0 Å². The molecular formula is C35H39N3O6S. The van der Waals surface area contributed by atoms with Gasteiger partial charge in [0.1, 0.15) is 29.8 Å². The van der Waals surface area contributed by atoms with E-state index in [0.717, 1.165) is 15.4 Å². The summed E-state index contributed by atoms with van der Waals surface area (Å²) < 4.78 is 40.5. The first-order valence-electron chi connectivity index (χ1n) is 14.6. The van der Waals surface area contributed by atoms with Crippen molar-refractivity contribution in [1.82, 2.24) is 10.2 Å². The van der Waals surface area contributed by atoms with E-state index in [4.69, 9.17) is 9.47 Å². The maximum absolute atomic E-state index is 14.1. The summed E-state index contributed by atoms with van der Waals surface area (Å²) in [6.07, 6.45) is 0. The average molecular weight is 630 g/mol.